The minimum absolute atomic E-state index is 0.192. The van der Waals surface area contributed by atoms with E-state index in [4.69, 9.17) is 0 Å². The van der Waals surface area contributed by atoms with Gasteiger partial charge in [0.1, 0.15) is 6.54 Å². The lowest BCUT2D eigenvalue weighted by molar-refractivity contribution is -0.142. The van der Waals surface area contributed by atoms with Crippen LogP contribution in [0.4, 0.5) is 13.2 Å². The van der Waals surface area contributed by atoms with Crippen LogP contribution in [-0.2, 0) is 29.4 Å². The van der Waals surface area contributed by atoms with Crippen molar-refractivity contribution in [2.24, 2.45) is 0 Å². The molecular weight excluding hydrogens is 331 g/mol. The molecule has 0 aliphatic carbocycles. The van der Waals surface area contributed by atoms with E-state index in [-0.39, 0.29) is 17.9 Å². The molecular formula is C18H20F3N3O. The number of halogens is 3. The highest BCUT2D eigenvalue weighted by Gasteiger charge is 2.34. The number of hydrogen-bond acceptors (Lipinski definition) is 2. The fraction of sp³-hybridized carbons (Fsp3) is 0.444. The lowest BCUT2D eigenvalue weighted by Crippen LogP contribution is -2.41. The Labute approximate surface area is 144 Å². The lowest BCUT2D eigenvalue weighted by Gasteiger charge is -2.31. The Hall–Kier alpha value is -2.31. The Morgan fingerprint density at radius 1 is 1.24 bits per heavy atom. The van der Waals surface area contributed by atoms with E-state index in [0.717, 1.165) is 17.2 Å². The highest BCUT2D eigenvalue weighted by atomic mass is 19.4. The number of benzene rings is 1. The highest BCUT2D eigenvalue weighted by molar-refractivity contribution is 5.76. The Kier molecular flexibility index (Phi) is 4.34. The van der Waals surface area contributed by atoms with E-state index in [1.54, 1.807) is 4.90 Å². The zero-order valence-electron chi connectivity index (χ0n) is 14.2. The molecule has 1 aliphatic rings. The SMILES string of the molecule is CC1(C)CN(C(=O)Cn2ccc(C(F)(F)F)n2)CCc2ccccc21. The summed E-state index contributed by atoms with van der Waals surface area (Å²) < 4.78 is 38.9. The normalized spacial score (nSPS) is 17.1. The largest absolute Gasteiger partial charge is 0.435 e. The maximum atomic E-state index is 12.6. The van der Waals surface area contributed by atoms with Crippen LogP contribution in [0.25, 0.3) is 0 Å². The fourth-order valence-electron chi connectivity index (χ4n) is 3.35. The number of fused-ring (bicyclic) bond motifs is 1. The van der Waals surface area contributed by atoms with Gasteiger partial charge >= 0.3 is 6.18 Å². The zero-order valence-corrected chi connectivity index (χ0v) is 14.2. The van der Waals surface area contributed by atoms with Gasteiger partial charge in [-0.1, -0.05) is 38.1 Å². The van der Waals surface area contributed by atoms with Crippen LogP contribution in [0.2, 0.25) is 0 Å². The van der Waals surface area contributed by atoms with E-state index in [1.807, 2.05) is 12.1 Å². The molecule has 134 valence electrons. The quantitative estimate of drug-likeness (QED) is 0.833. The van der Waals surface area contributed by atoms with Crippen molar-refractivity contribution < 1.29 is 18.0 Å². The van der Waals surface area contributed by atoms with Gasteiger partial charge in [0.25, 0.3) is 0 Å². The molecule has 0 fully saturated rings. The maximum Gasteiger partial charge on any atom is 0.435 e. The predicted molar refractivity (Wildman–Crippen MR) is 87.0 cm³/mol. The second-order valence-corrected chi connectivity index (χ2v) is 7.00. The first-order chi connectivity index (χ1) is 11.7. The standard InChI is InChI=1S/C18H20F3N3O/c1-17(2)12-23(9-7-13-5-3-4-6-14(13)17)16(25)11-24-10-8-15(22-24)18(19,20)21/h3-6,8,10H,7,9,11-12H2,1-2H3. The van der Waals surface area contributed by atoms with E-state index in [1.165, 1.54) is 17.3 Å². The molecule has 2 heterocycles. The van der Waals surface area contributed by atoms with Gasteiger partial charge in [-0.3, -0.25) is 9.48 Å². The van der Waals surface area contributed by atoms with Crippen molar-refractivity contribution in [1.82, 2.24) is 14.7 Å². The van der Waals surface area contributed by atoms with Crippen LogP contribution in [0.3, 0.4) is 0 Å². The number of aromatic nitrogens is 2. The van der Waals surface area contributed by atoms with Gasteiger partial charge in [0.2, 0.25) is 5.91 Å². The molecule has 1 aromatic carbocycles. The first kappa shape index (κ1) is 17.5. The molecule has 0 saturated heterocycles. The molecule has 0 bridgehead atoms. The average Bonchev–Trinajstić information content (AvgIpc) is 2.95. The van der Waals surface area contributed by atoms with Gasteiger partial charge in [-0.15, -0.1) is 0 Å². The molecule has 1 aliphatic heterocycles. The number of hydrogen-bond donors (Lipinski definition) is 0. The summed E-state index contributed by atoms with van der Waals surface area (Å²) in [5.41, 5.74) is 1.22. The molecule has 0 N–H and O–H groups in total. The van der Waals surface area contributed by atoms with Crippen molar-refractivity contribution in [3.8, 4) is 0 Å². The predicted octanol–water partition coefficient (Wildman–Crippen LogP) is 3.26. The number of amides is 1. The minimum Gasteiger partial charge on any atom is -0.340 e. The van der Waals surface area contributed by atoms with Crippen molar-refractivity contribution in [3.05, 3.63) is 53.3 Å². The molecule has 7 heteroatoms. The summed E-state index contributed by atoms with van der Waals surface area (Å²) >= 11 is 0. The highest BCUT2D eigenvalue weighted by Crippen LogP contribution is 2.31. The molecule has 2 aromatic rings. The second-order valence-electron chi connectivity index (χ2n) is 7.00. The summed E-state index contributed by atoms with van der Waals surface area (Å²) in [6, 6.07) is 8.99. The first-order valence-electron chi connectivity index (χ1n) is 8.14. The van der Waals surface area contributed by atoms with Crippen LogP contribution in [0.1, 0.15) is 30.7 Å². The van der Waals surface area contributed by atoms with Crippen LogP contribution >= 0.6 is 0 Å². The Morgan fingerprint density at radius 2 is 1.96 bits per heavy atom. The van der Waals surface area contributed by atoms with Crippen LogP contribution < -0.4 is 0 Å². The van der Waals surface area contributed by atoms with Gasteiger partial charge in [0, 0.05) is 24.7 Å². The van der Waals surface area contributed by atoms with Gasteiger partial charge in [0.15, 0.2) is 5.69 Å². The van der Waals surface area contributed by atoms with E-state index in [0.29, 0.717) is 13.1 Å². The Morgan fingerprint density at radius 3 is 2.64 bits per heavy atom. The molecule has 25 heavy (non-hydrogen) atoms. The van der Waals surface area contributed by atoms with Crippen LogP contribution in [0, 0.1) is 0 Å². The van der Waals surface area contributed by atoms with E-state index < -0.39 is 11.9 Å². The summed E-state index contributed by atoms with van der Waals surface area (Å²) in [5.74, 6) is -0.224. The zero-order chi connectivity index (χ0) is 18.2. The molecule has 0 saturated carbocycles. The van der Waals surface area contributed by atoms with Crippen molar-refractivity contribution in [3.63, 3.8) is 0 Å². The smallest absolute Gasteiger partial charge is 0.340 e. The van der Waals surface area contributed by atoms with Gasteiger partial charge in [-0.05, 0) is 23.6 Å². The first-order valence-corrected chi connectivity index (χ1v) is 8.14. The lowest BCUT2D eigenvalue weighted by atomic mass is 9.82. The van der Waals surface area contributed by atoms with E-state index in [9.17, 15) is 18.0 Å². The average molecular weight is 351 g/mol. The second kappa shape index (κ2) is 6.20. The molecule has 4 nitrogen and oxygen atoms in total. The third kappa shape index (κ3) is 3.70. The molecule has 0 spiro atoms. The van der Waals surface area contributed by atoms with E-state index >= 15 is 0 Å². The van der Waals surface area contributed by atoms with Crippen LogP contribution in [-0.4, -0.2) is 33.7 Å². The van der Waals surface area contributed by atoms with Crippen molar-refractivity contribution >= 4 is 5.91 Å². The number of alkyl halides is 3. The summed E-state index contributed by atoms with van der Waals surface area (Å²) in [5, 5.41) is 3.46. The van der Waals surface area contributed by atoms with E-state index in [2.05, 4.69) is 31.1 Å². The molecule has 0 atom stereocenters. The van der Waals surface area contributed by atoms with Crippen LogP contribution in [0.5, 0.6) is 0 Å². The summed E-state index contributed by atoms with van der Waals surface area (Å²) in [6.45, 7) is 5.03. The number of rotatable bonds is 2. The van der Waals surface area contributed by atoms with Crippen molar-refractivity contribution in [2.45, 2.75) is 38.4 Å². The summed E-state index contributed by atoms with van der Waals surface area (Å²) in [7, 11) is 0. The number of carbonyl (C=O) groups excluding carboxylic acids is 1. The molecule has 1 amide bonds. The third-order valence-electron chi connectivity index (χ3n) is 4.56. The molecule has 3 rings (SSSR count). The molecule has 1 aromatic heterocycles. The fourth-order valence-corrected chi connectivity index (χ4v) is 3.35. The van der Waals surface area contributed by atoms with Crippen LogP contribution in [0.15, 0.2) is 36.5 Å². The van der Waals surface area contributed by atoms with Gasteiger partial charge in [-0.2, -0.15) is 18.3 Å². The monoisotopic (exact) mass is 351 g/mol. The Balaban J connectivity index is 1.74. The maximum absolute atomic E-state index is 12.6. The minimum atomic E-state index is -4.50. The summed E-state index contributed by atoms with van der Waals surface area (Å²) in [4.78, 5) is 14.3. The van der Waals surface area contributed by atoms with Gasteiger partial charge in [0.05, 0.1) is 0 Å². The summed E-state index contributed by atoms with van der Waals surface area (Å²) in [6.07, 6.45) is -2.57. The molecule has 0 unspecified atom stereocenters. The third-order valence-corrected chi connectivity index (χ3v) is 4.56. The Bertz CT molecular complexity index is 780. The number of carbonyl (C=O) groups is 1. The van der Waals surface area contributed by atoms with Gasteiger partial charge in [-0.25, -0.2) is 0 Å². The number of nitrogens with zero attached hydrogens (tertiary/aromatic N) is 3. The van der Waals surface area contributed by atoms with Gasteiger partial charge < -0.3 is 4.90 Å². The molecule has 0 radical (unpaired) electrons. The topological polar surface area (TPSA) is 38.1 Å². The van der Waals surface area contributed by atoms with Crippen molar-refractivity contribution in [1.29, 1.82) is 0 Å². The van der Waals surface area contributed by atoms with Crippen molar-refractivity contribution in [2.75, 3.05) is 13.1 Å².